The maximum atomic E-state index is 14.0. The second-order valence-corrected chi connectivity index (χ2v) is 12.7. The molecule has 0 spiro atoms. The van der Waals surface area contributed by atoms with E-state index >= 15 is 0 Å². The first-order chi connectivity index (χ1) is 18.5. The van der Waals surface area contributed by atoms with Crippen LogP contribution in [0.15, 0.2) is 40.2 Å². The van der Waals surface area contributed by atoms with Crippen LogP contribution in [-0.2, 0) is 23.3 Å². The van der Waals surface area contributed by atoms with Gasteiger partial charge in [-0.15, -0.1) is 4.80 Å². The smallest absolute Gasteiger partial charge is 0.333 e. The van der Waals surface area contributed by atoms with Crippen LogP contribution in [0.25, 0.3) is 15.2 Å². The van der Waals surface area contributed by atoms with Gasteiger partial charge in [-0.05, 0) is 82.7 Å². The first-order valence-corrected chi connectivity index (χ1v) is 14.1. The van der Waals surface area contributed by atoms with E-state index < -0.39 is 28.5 Å². The van der Waals surface area contributed by atoms with Crippen molar-refractivity contribution in [2.75, 3.05) is 7.11 Å². The molecule has 0 radical (unpaired) electrons. The maximum absolute atomic E-state index is 14.0. The Morgan fingerprint density at radius 1 is 1.26 bits per heavy atom. The van der Waals surface area contributed by atoms with Crippen LogP contribution in [-0.4, -0.2) is 41.9 Å². The van der Waals surface area contributed by atoms with E-state index in [0.29, 0.717) is 32.1 Å². The number of nitrogens with one attached hydrogen (secondary N) is 1. The lowest BCUT2D eigenvalue weighted by molar-refractivity contribution is -0.126. The standard InChI is InChI=1S/C26H29FN6O4S2/c1-15-19-20(34)32(25(2,3)23(35)30-39-26(4)9-10-26)24(36)31(22(19)38-21(15)33-28-11-12-29-33)13-8-16-14-17(27)6-7-18(16)37-5/h6-7,11-12,14H,8-10,13H2,1-5H3,(H,30,35). The highest BCUT2D eigenvalue weighted by Gasteiger charge is 2.41. The van der Waals surface area contributed by atoms with E-state index in [4.69, 9.17) is 4.74 Å². The first kappa shape index (κ1) is 27.1. The lowest BCUT2D eigenvalue weighted by Crippen LogP contribution is -2.55. The molecule has 3 aromatic heterocycles. The van der Waals surface area contributed by atoms with Crippen molar-refractivity contribution >= 4 is 39.4 Å². The molecule has 1 aliphatic rings. The predicted molar refractivity (Wildman–Crippen MR) is 149 cm³/mol. The van der Waals surface area contributed by atoms with Crippen LogP contribution in [0.3, 0.4) is 0 Å². The number of methoxy groups -OCH3 is 1. The highest BCUT2D eigenvalue weighted by atomic mass is 32.2. The van der Waals surface area contributed by atoms with Crippen LogP contribution < -0.4 is 20.7 Å². The van der Waals surface area contributed by atoms with E-state index in [2.05, 4.69) is 21.8 Å². The van der Waals surface area contributed by atoms with Gasteiger partial charge in [0.05, 0.1) is 24.9 Å². The summed E-state index contributed by atoms with van der Waals surface area (Å²) >= 11 is 2.53. The topological polar surface area (TPSA) is 113 Å². The molecule has 1 saturated carbocycles. The van der Waals surface area contributed by atoms with Gasteiger partial charge in [-0.2, -0.15) is 10.2 Å². The molecular weight excluding hydrogens is 543 g/mol. The van der Waals surface area contributed by atoms with Crippen molar-refractivity contribution in [3.8, 4) is 10.8 Å². The Morgan fingerprint density at radius 3 is 2.59 bits per heavy atom. The van der Waals surface area contributed by atoms with E-state index in [0.717, 1.165) is 17.4 Å². The Labute approximate surface area is 231 Å². The van der Waals surface area contributed by atoms with Crippen molar-refractivity contribution in [1.29, 1.82) is 0 Å². The molecule has 4 aromatic rings. The van der Waals surface area contributed by atoms with Crippen LogP contribution >= 0.6 is 23.3 Å². The number of hydrogen-bond donors (Lipinski definition) is 1. The van der Waals surface area contributed by atoms with Crippen LogP contribution in [0, 0.1) is 12.7 Å². The van der Waals surface area contributed by atoms with Crippen molar-refractivity contribution in [1.82, 2.24) is 28.9 Å². The number of amides is 1. The number of carbonyl (C=O) groups excluding carboxylic acids is 1. The van der Waals surface area contributed by atoms with Gasteiger partial charge in [-0.25, -0.2) is 13.8 Å². The average Bonchev–Trinajstić information content (AvgIpc) is 3.25. The molecule has 5 rings (SSSR count). The fourth-order valence-corrected chi connectivity index (χ4v) is 6.52. The molecule has 1 aromatic carbocycles. The van der Waals surface area contributed by atoms with Crippen molar-refractivity contribution in [3.05, 3.63) is 68.4 Å². The highest BCUT2D eigenvalue weighted by Crippen LogP contribution is 2.46. The van der Waals surface area contributed by atoms with Gasteiger partial charge in [0.25, 0.3) is 11.5 Å². The minimum Gasteiger partial charge on any atom is -0.496 e. The normalized spacial score (nSPS) is 14.5. The van der Waals surface area contributed by atoms with E-state index in [9.17, 15) is 18.8 Å². The summed E-state index contributed by atoms with van der Waals surface area (Å²) in [5, 5.41) is 9.29. The number of aromatic nitrogens is 5. The summed E-state index contributed by atoms with van der Waals surface area (Å²) < 4.78 is 24.7. The van der Waals surface area contributed by atoms with Crippen LogP contribution in [0.5, 0.6) is 5.75 Å². The van der Waals surface area contributed by atoms with Gasteiger partial charge in [0.15, 0.2) is 0 Å². The molecule has 0 unspecified atom stereocenters. The average molecular weight is 573 g/mol. The van der Waals surface area contributed by atoms with Gasteiger partial charge >= 0.3 is 5.69 Å². The number of thiophene rings is 1. The van der Waals surface area contributed by atoms with Crippen LogP contribution in [0.1, 0.15) is 44.7 Å². The van der Waals surface area contributed by atoms with Gasteiger partial charge in [-0.3, -0.25) is 18.9 Å². The van der Waals surface area contributed by atoms with Gasteiger partial charge < -0.3 is 4.74 Å². The number of hydrogen-bond acceptors (Lipinski definition) is 8. The molecule has 1 aliphatic carbocycles. The Morgan fingerprint density at radius 2 is 1.95 bits per heavy atom. The third-order valence-electron chi connectivity index (χ3n) is 7.09. The van der Waals surface area contributed by atoms with Gasteiger partial charge in [0.2, 0.25) is 0 Å². The molecule has 39 heavy (non-hydrogen) atoms. The number of rotatable bonds is 9. The fourth-order valence-electron chi connectivity index (χ4n) is 4.39. The molecular formula is C26H29FN6O4S2. The zero-order chi connectivity index (χ0) is 28.1. The zero-order valence-corrected chi connectivity index (χ0v) is 23.9. The molecule has 1 amide bonds. The molecule has 10 nitrogen and oxygen atoms in total. The summed E-state index contributed by atoms with van der Waals surface area (Å²) in [4.78, 5) is 43.1. The molecule has 0 aliphatic heterocycles. The number of benzene rings is 1. The Bertz CT molecular complexity index is 1690. The lowest BCUT2D eigenvalue weighted by Gasteiger charge is -2.27. The van der Waals surface area contributed by atoms with Crippen molar-refractivity contribution in [2.24, 2.45) is 0 Å². The summed E-state index contributed by atoms with van der Waals surface area (Å²) in [6, 6.07) is 4.20. The minimum atomic E-state index is -1.49. The first-order valence-electron chi connectivity index (χ1n) is 12.4. The largest absolute Gasteiger partial charge is 0.496 e. The summed E-state index contributed by atoms with van der Waals surface area (Å²) in [5.41, 5.74) is -1.52. The Kier molecular flexibility index (Phi) is 6.91. The molecule has 1 N–H and O–H groups in total. The van der Waals surface area contributed by atoms with E-state index in [1.54, 1.807) is 20.8 Å². The van der Waals surface area contributed by atoms with Gasteiger partial charge in [-0.1, -0.05) is 11.3 Å². The number of aryl methyl sites for hydroxylation is 3. The van der Waals surface area contributed by atoms with Crippen molar-refractivity contribution in [2.45, 2.75) is 63.8 Å². The number of nitrogens with zero attached hydrogens (tertiary/aromatic N) is 5. The molecule has 206 valence electrons. The highest BCUT2D eigenvalue weighted by molar-refractivity contribution is 7.99. The molecule has 0 bridgehead atoms. The second-order valence-electron chi connectivity index (χ2n) is 10.4. The van der Waals surface area contributed by atoms with E-state index in [-0.39, 0.29) is 17.7 Å². The third kappa shape index (κ3) is 4.89. The molecule has 3 heterocycles. The van der Waals surface area contributed by atoms with Gasteiger partial charge in [0, 0.05) is 16.9 Å². The van der Waals surface area contributed by atoms with E-state index in [1.807, 2.05) is 0 Å². The zero-order valence-electron chi connectivity index (χ0n) is 22.3. The number of ether oxygens (including phenoxy) is 1. The Hall–Kier alpha value is -3.45. The summed E-state index contributed by atoms with van der Waals surface area (Å²) in [6.07, 6.45) is 5.27. The third-order valence-corrected chi connectivity index (χ3v) is 9.56. The SMILES string of the molecule is COc1ccc(F)cc1CCn1c(=O)n(C(C)(C)C(=O)NSC2(C)CC2)c(=O)c2c(C)c(-n3nccn3)sc21. The number of fused-ring (bicyclic) bond motifs is 1. The van der Waals surface area contributed by atoms with Crippen LogP contribution in [0.4, 0.5) is 4.39 Å². The number of carbonyl (C=O) groups is 1. The maximum Gasteiger partial charge on any atom is 0.333 e. The molecule has 0 saturated heterocycles. The number of halogens is 1. The van der Waals surface area contributed by atoms with E-state index in [1.165, 1.54) is 70.4 Å². The molecule has 1 fully saturated rings. The molecule has 13 heteroatoms. The second kappa shape index (κ2) is 9.94. The quantitative estimate of drug-likeness (QED) is 0.305. The van der Waals surface area contributed by atoms with Crippen molar-refractivity contribution < 1.29 is 13.9 Å². The lowest BCUT2D eigenvalue weighted by atomic mass is 10.0. The summed E-state index contributed by atoms with van der Waals surface area (Å²) in [6.45, 7) is 7.06. The van der Waals surface area contributed by atoms with Gasteiger partial charge in [0.1, 0.15) is 26.9 Å². The summed E-state index contributed by atoms with van der Waals surface area (Å²) in [7, 11) is 1.49. The van der Waals surface area contributed by atoms with Crippen LogP contribution in [0.2, 0.25) is 0 Å². The van der Waals surface area contributed by atoms with Crippen molar-refractivity contribution in [3.63, 3.8) is 0 Å². The minimum absolute atomic E-state index is 0.0273. The predicted octanol–water partition coefficient (Wildman–Crippen LogP) is 3.56. The summed E-state index contributed by atoms with van der Waals surface area (Å²) in [5.74, 6) is -0.380. The monoisotopic (exact) mass is 572 g/mol. The Balaban J connectivity index is 1.66. The molecule has 0 atom stereocenters. The fraction of sp³-hybridized carbons (Fsp3) is 0.423.